The number of carbonyl (C=O) groups excluding carboxylic acids is 1. The summed E-state index contributed by atoms with van der Waals surface area (Å²) in [6.07, 6.45) is -3.21. The molecule has 4 atom stereocenters. The first-order valence-corrected chi connectivity index (χ1v) is 7.55. The molecular formula is C15H29NO6. The first-order chi connectivity index (χ1) is 10.0. The standard InChI is InChI=1S/C15H29NO6/c1-14(2,13(20)16-5)8-15(3,4)22-11-6-9(18)12(19)10(7-17)21-11/h9-12,17-19H,6-8H2,1-5H3,(H,16,20). The molecule has 1 heterocycles. The van der Waals surface area contributed by atoms with Crippen molar-refractivity contribution in [3.63, 3.8) is 0 Å². The van der Waals surface area contributed by atoms with Gasteiger partial charge in [0.25, 0.3) is 0 Å². The van der Waals surface area contributed by atoms with Crippen molar-refractivity contribution < 1.29 is 29.6 Å². The van der Waals surface area contributed by atoms with E-state index < -0.39 is 42.2 Å². The van der Waals surface area contributed by atoms with Gasteiger partial charge in [0.1, 0.15) is 12.2 Å². The van der Waals surface area contributed by atoms with Crippen LogP contribution in [0.1, 0.15) is 40.5 Å². The van der Waals surface area contributed by atoms with E-state index in [2.05, 4.69) is 5.32 Å². The Bertz CT molecular complexity index is 384. The molecule has 1 fully saturated rings. The third-order valence-electron chi connectivity index (χ3n) is 3.88. The molecule has 0 bridgehead atoms. The molecule has 22 heavy (non-hydrogen) atoms. The maximum atomic E-state index is 11.9. The van der Waals surface area contributed by atoms with E-state index in [9.17, 15) is 20.1 Å². The molecule has 0 spiro atoms. The Morgan fingerprint density at radius 1 is 1.32 bits per heavy atom. The summed E-state index contributed by atoms with van der Waals surface area (Å²) in [6, 6.07) is 0. The fraction of sp³-hybridized carbons (Fsp3) is 0.933. The number of hydrogen-bond donors (Lipinski definition) is 4. The highest BCUT2D eigenvalue weighted by Crippen LogP contribution is 2.33. The summed E-state index contributed by atoms with van der Waals surface area (Å²) in [5.74, 6) is -0.0857. The van der Waals surface area contributed by atoms with Gasteiger partial charge in [-0.2, -0.15) is 0 Å². The molecule has 1 saturated heterocycles. The summed E-state index contributed by atoms with van der Waals surface area (Å²) in [4.78, 5) is 11.9. The summed E-state index contributed by atoms with van der Waals surface area (Å²) >= 11 is 0. The minimum atomic E-state index is -1.13. The monoisotopic (exact) mass is 319 g/mol. The quantitative estimate of drug-likeness (QED) is 0.539. The Hall–Kier alpha value is -0.730. The summed E-state index contributed by atoms with van der Waals surface area (Å²) in [5, 5.41) is 31.3. The minimum absolute atomic E-state index is 0.0857. The smallest absolute Gasteiger partial charge is 0.225 e. The van der Waals surface area contributed by atoms with E-state index in [0.717, 1.165) is 0 Å². The van der Waals surface area contributed by atoms with Crippen molar-refractivity contribution in [3.8, 4) is 0 Å². The minimum Gasteiger partial charge on any atom is -0.394 e. The maximum absolute atomic E-state index is 11.9. The molecule has 1 aliphatic rings. The lowest BCUT2D eigenvalue weighted by Gasteiger charge is -2.41. The van der Waals surface area contributed by atoms with Gasteiger partial charge in [0.2, 0.25) is 5.91 Å². The molecule has 4 N–H and O–H groups in total. The van der Waals surface area contributed by atoms with Crippen LogP contribution in [0.2, 0.25) is 0 Å². The molecule has 0 aliphatic carbocycles. The second-order valence-electron chi connectivity index (χ2n) is 7.10. The van der Waals surface area contributed by atoms with Gasteiger partial charge in [-0.05, 0) is 20.3 Å². The Balaban J connectivity index is 2.69. The molecule has 0 radical (unpaired) electrons. The third-order valence-corrected chi connectivity index (χ3v) is 3.88. The highest BCUT2D eigenvalue weighted by molar-refractivity contribution is 5.81. The fourth-order valence-corrected chi connectivity index (χ4v) is 3.02. The van der Waals surface area contributed by atoms with Gasteiger partial charge in [-0.15, -0.1) is 0 Å². The SMILES string of the molecule is CNC(=O)C(C)(C)CC(C)(C)OC1CC(O)C(O)C(CO)O1. The number of ether oxygens (including phenoxy) is 2. The Labute approximate surface area is 131 Å². The zero-order chi connectivity index (χ0) is 17.1. The average molecular weight is 319 g/mol. The number of amides is 1. The lowest BCUT2D eigenvalue weighted by Crippen LogP contribution is -2.52. The van der Waals surface area contributed by atoms with Crippen molar-refractivity contribution in [1.82, 2.24) is 5.32 Å². The van der Waals surface area contributed by atoms with Gasteiger partial charge in [-0.25, -0.2) is 0 Å². The average Bonchev–Trinajstić information content (AvgIpc) is 2.39. The van der Waals surface area contributed by atoms with Crippen molar-refractivity contribution in [2.24, 2.45) is 5.41 Å². The number of aliphatic hydroxyl groups excluding tert-OH is 3. The molecule has 0 aromatic rings. The van der Waals surface area contributed by atoms with E-state index >= 15 is 0 Å². The highest BCUT2D eigenvalue weighted by atomic mass is 16.7. The summed E-state index contributed by atoms with van der Waals surface area (Å²) in [5.41, 5.74) is -1.30. The number of nitrogens with one attached hydrogen (secondary N) is 1. The zero-order valence-corrected chi connectivity index (χ0v) is 14.0. The number of carbonyl (C=O) groups is 1. The third kappa shape index (κ3) is 4.89. The van der Waals surface area contributed by atoms with Crippen molar-refractivity contribution in [1.29, 1.82) is 0 Å². The van der Waals surface area contributed by atoms with Crippen LogP contribution < -0.4 is 5.32 Å². The Kier molecular flexibility index (Phi) is 6.35. The number of hydrogen-bond acceptors (Lipinski definition) is 6. The molecule has 1 aliphatic heterocycles. The van der Waals surface area contributed by atoms with E-state index in [4.69, 9.17) is 9.47 Å². The second-order valence-corrected chi connectivity index (χ2v) is 7.10. The normalized spacial score (nSPS) is 30.2. The van der Waals surface area contributed by atoms with Gasteiger partial charge in [0.15, 0.2) is 6.29 Å². The predicted octanol–water partition coefficient (Wildman–Crippen LogP) is -0.227. The van der Waals surface area contributed by atoms with Gasteiger partial charge in [-0.1, -0.05) is 13.8 Å². The molecule has 0 aromatic heterocycles. The Morgan fingerprint density at radius 2 is 1.91 bits per heavy atom. The zero-order valence-electron chi connectivity index (χ0n) is 14.0. The number of rotatable bonds is 6. The lowest BCUT2D eigenvalue weighted by molar-refractivity contribution is -0.286. The van der Waals surface area contributed by atoms with Crippen LogP contribution in [0.5, 0.6) is 0 Å². The van der Waals surface area contributed by atoms with Crippen LogP contribution in [0.4, 0.5) is 0 Å². The van der Waals surface area contributed by atoms with E-state index in [1.807, 2.05) is 27.7 Å². The van der Waals surface area contributed by atoms with Gasteiger partial charge < -0.3 is 30.1 Å². The molecule has 1 amide bonds. The topological polar surface area (TPSA) is 108 Å². The first-order valence-electron chi connectivity index (χ1n) is 7.55. The fourth-order valence-electron chi connectivity index (χ4n) is 3.02. The van der Waals surface area contributed by atoms with Crippen molar-refractivity contribution in [2.45, 2.75) is 70.7 Å². The molecule has 0 saturated carbocycles. The van der Waals surface area contributed by atoms with Crippen molar-refractivity contribution >= 4 is 5.91 Å². The van der Waals surface area contributed by atoms with E-state index in [0.29, 0.717) is 6.42 Å². The van der Waals surface area contributed by atoms with Crippen LogP contribution in [0.15, 0.2) is 0 Å². The lowest BCUT2D eigenvalue weighted by atomic mass is 9.81. The molecular weight excluding hydrogens is 290 g/mol. The van der Waals surface area contributed by atoms with Crippen LogP contribution in [-0.2, 0) is 14.3 Å². The van der Waals surface area contributed by atoms with Gasteiger partial charge >= 0.3 is 0 Å². The maximum Gasteiger partial charge on any atom is 0.225 e. The van der Waals surface area contributed by atoms with Gasteiger partial charge in [-0.3, -0.25) is 4.79 Å². The van der Waals surface area contributed by atoms with Crippen molar-refractivity contribution in [3.05, 3.63) is 0 Å². The molecule has 0 aromatic carbocycles. The van der Waals surface area contributed by atoms with Crippen molar-refractivity contribution in [2.75, 3.05) is 13.7 Å². The van der Waals surface area contributed by atoms with E-state index in [1.165, 1.54) is 0 Å². The molecule has 7 heteroatoms. The van der Waals surface area contributed by atoms with Crippen LogP contribution in [0.25, 0.3) is 0 Å². The number of aliphatic hydroxyl groups is 3. The van der Waals surface area contributed by atoms with Crippen LogP contribution in [0.3, 0.4) is 0 Å². The summed E-state index contributed by atoms with van der Waals surface area (Å²) in [6.45, 7) is 6.93. The van der Waals surface area contributed by atoms with Gasteiger partial charge in [0.05, 0.1) is 18.3 Å². The summed E-state index contributed by atoms with van der Waals surface area (Å²) < 4.78 is 11.3. The van der Waals surface area contributed by atoms with Crippen LogP contribution in [0, 0.1) is 5.41 Å². The van der Waals surface area contributed by atoms with E-state index in [-0.39, 0.29) is 12.3 Å². The largest absolute Gasteiger partial charge is 0.394 e. The molecule has 130 valence electrons. The highest BCUT2D eigenvalue weighted by Gasteiger charge is 2.41. The molecule has 7 nitrogen and oxygen atoms in total. The predicted molar refractivity (Wildman–Crippen MR) is 80.0 cm³/mol. The first kappa shape index (κ1) is 19.3. The molecule has 1 rings (SSSR count). The van der Waals surface area contributed by atoms with Crippen LogP contribution in [-0.4, -0.2) is 65.1 Å². The van der Waals surface area contributed by atoms with E-state index in [1.54, 1.807) is 7.05 Å². The molecule has 4 unspecified atom stereocenters. The van der Waals surface area contributed by atoms with Crippen LogP contribution >= 0.6 is 0 Å². The Morgan fingerprint density at radius 3 is 2.41 bits per heavy atom. The summed E-state index contributed by atoms with van der Waals surface area (Å²) in [7, 11) is 1.59. The second kappa shape index (κ2) is 7.23. The van der Waals surface area contributed by atoms with Gasteiger partial charge in [0, 0.05) is 18.9 Å².